The van der Waals surface area contributed by atoms with Crippen LogP contribution in [0.15, 0.2) is 24.3 Å². The highest BCUT2D eigenvalue weighted by molar-refractivity contribution is 5.88. The summed E-state index contributed by atoms with van der Waals surface area (Å²) in [4.78, 5) is 49.1. The molecule has 1 aliphatic heterocycles. The SMILES string of the molecule is COc1ccccc1COC(=O)NC(CC1CCCCC1)C(=O)NC(C=O)C[C@@H]1CCNC1=O. The molecule has 3 amide bonds. The first-order valence-corrected chi connectivity index (χ1v) is 12.1. The average molecular weight is 474 g/mol. The maximum Gasteiger partial charge on any atom is 0.408 e. The molecule has 2 fully saturated rings. The number of nitrogens with one attached hydrogen (secondary N) is 3. The molecule has 1 aromatic rings. The Kier molecular flexibility index (Phi) is 9.73. The van der Waals surface area contributed by atoms with Crippen LogP contribution in [-0.2, 0) is 25.7 Å². The topological polar surface area (TPSA) is 123 Å². The average Bonchev–Trinajstić information content (AvgIpc) is 3.26. The zero-order valence-electron chi connectivity index (χ0n) is 19.7. The molecule has 9 nitrogen and oxygen atoms in total. The molecule has 1 heterocycles. The van der Waals surface area contributed by atoms with Crippen LogP contribution in [0.5, 0.6) is 5.75 Å². The normalized spacial score (nSPS) is 20.0. The van der Waals surface area contributed by atoms with Crippen molar-refractivity contribution in [3.8, 4) is 5.75 Å². The zero-order valence-corrected chi connectivity index (χ0v) is 19.7. The number of benzene rings is 1. The molecular formula is C25H35N3O6. The lowest BCUT2D eigenvalue weighted by Gasteiger charge is -2.27. The second-order valence-corrected chi connectivity index (χ2v) is 9.09. The van der Waals surface area contributed by atoms with Crippen LogP contribution in [0.1, 0.15) is 56.9 Å². The summed E-state index contributed by atoms with van der Waals surface area (Å²) in [5.41, 5.74) is 0.712. The Morgan fingerprint density at radius 2 is 1.88 bits per heavy atom. The van der Waals surface area contributed by atoms with Gasteiger partial charge in [0.1, 0.15) is 24.7 Å². The van der Waals surface area contributed by atoms with E-state index in [1.165, 1.54) is 6.42 Å². The molecule has 1 aliphatic carbocycles. The number of hydrogen-bond acceptors (Lipinski definition) is 6. The predicted molar refractivity (Wildman–Crippen MR) is 125 cm³/mol. The van der Waals surface area contributed by atoms with Crippen LogP contribution in [0, 0.1) is 11.8 Å². The van der Waals surface area contributed by atoms with Gasteiger partial charge in [0.25, 0.3) is 0 Å². The Hall–Kier alpha value is -3.10. The van der Waals surface area contributed by atoms with Crippen molar-refractivity contribution >= 4 is 24.2 Å². The zero-order chi connectivity index (χ0) is 24.3. The van der Waals surface area contributed by atoms with Gasteiger partial charge in [0.15, 0.2) is 0 Å². The van der Waals surface area contributed by atoms with Crippen molar-refractivity contribution in [2.45, 2.75) is 70.1 Å². The minimum Gasteiger partial charge on any atom is -0.496 e. The number of hydrogen-bond donors (Lipinski definition) is 3. The van der Waals surface area contributed by atoms with Crippen molar-refractivity contribution in [3.63, 3.8) is 0 Å². The Morgan fingerprint density at radius 1 is 1.12 bits per heavy atom. The van der Waals surface area contributed by atoms with Gasteiger partial charge in [0.05, 0.1) is 13.2 Å². The molecule has 9 heteroatoms. The molecule has 186 valence electrons. The molecule has 0 aromatic heterocycles. The largest absolute Gasteiger partial charge is 0.496 e. The molecule has 2 unspecified atom stereocenters. The van der Waals surface area contributed by atoms with Crippen LogP contribution in [0.3, 0.4) is 0 Å². The summed E-state index contributed by atoms with van der Waals surface area (Å²) in [7, 11) is 1.54. The van der Waals surface area contributed by atoms with E-state index >= 15 is 0 Å². The summed E-state index contributed by atoms with van der Waals surface area (Å²) < 4.78 is 10.6. The molecule has 3 N–H and O–H groups in total. The molecule has 2 aliphatic rings. The van der Waals surface area contributed by atoms with Gasteiger partial charge in [-0.3, -0.25) is 9.59 Å². The van der Waals surface area contributed by atoms with E-state index in [2.05, 4.69) is 16.0 Å². The Labute approximate surface area is 200 Å². The van der Waals surface area contributed by atoms with Crippen LogP contribution in [0.2, 0.25) is 0 Å². The van der Waals surface area contributed by atoms with E-state index in [1.807, 2.05) is 12.1 Å². The quantitative estimate of drug-likeness (QED) is 0.424. The van der Waals surface area contributed by atoms with Crippen LogP contribution in [-0.4, -0.2) is 49.9 Å². The highest BCUT2D eigenvalue weighted by Gasteiger charge is 2.31. The molecule has 34 heavy (non-hydrogen) atoms. The van der Waals surface area contributed by atoms with E-state index < -0.39 is 24.1 Å². The molecule has 1 aromatic carbocycles. The van der Waals surface area contributed by atoms with Crippen LogP contribution >= 0.6 is 0 Å². The number of aldehydes is 1. The first kappa shape index (κ1) is 25.5. The van der Waals surface area contributed by atoms with Crippen LogP contribution < -0.4 is 20.7 Å². The number of amides is 3. The Bertz CT molecular complexity index is 855. The smallest absolute Gasteiger partial charge is 0.408 e. The number of rotatable bonds is 11. The Morgan fingerprint density at radius 3 is 2.56 bits per heavy atom. The molecular weight excluding hydrogens is 438 g/mol. The van der Waals surface area contributed by atoms with Crippen molar-refractivity contribution in [2.75, 3.05) is 13.7 Å². The summed E-state index contributed by atoms with van der Waals surface area (Å²) in [5.74, 6) is 0.0881. The van der Waals surface area contributed by atoms with E-state index in [4.69, 9.17) is 9.47 Å². The first-order valence-electron chi connectivity index (χ1n) is 12.1. The number of ether oxygens (including phenoxy) is 2. The third kappa shape index (κ3) is 7.46. The lowest BCUT2D eigenvalue weighted by atomic mass is 9.84. The standard InChI is InChI=1S/C25H35N3O6/c1-33-22-10-6-5-9-19(22)16-34-25(32)28-21(13-17-7-3-2-4-8-17)24(31)27-20(15-29)14-18-11-12-26-23(18)30/h5-6,9-10,15,17-18,20-21H,2-4,7-8,11-14,16H2,1H3,(H,26,30)(H,27,31)(H,28,32)/t18-,20?,21?/m0/s1. The van der Waals surface area contributed by atoms with Crippen molar-refractivity contribution in [1.29, 1.82) is 0 Å². The number of alkyl carbamates (subject to hydrolysis) is 1. The fourth-order valence-electron chi connectivity index (χ4n) is 4.75. The molecule has 0 spiro atoms. The Balaban J connectivity index is 1.60. The van der Waals surface area contributed by atoms with Gasteiger partial charge < -0.3 is 30.2 Å². The van der Waals surface area contributed by atoms with Crippen molar-refractivity contribution < 1.29 is 28.7 Å². The van der Waals surface area contributed by atoms with Crippen molar-refractivity contribution in [1.82, 2.24) is 16.0 Å². The van der Waals surface area contributed by atoms with Gasteiger partial charge in [-0.05, 0) is 31.2 Å². The van der Waals surface area contributed by atoms with E-state index in [-0.39, 0.29) is 24.9 Å². The molecule has 3 rings (SSSR count). The lowest BCUT2D eigenvalue weighted by molar-refractivity contribution is -0.127. The highest BCUT2D eigenvalue weighted by Crippen LogP contribution is 2.27. The summed E-state index contributed by atoms with van der Waals surface area (Å²) in [6, 6.07) is 5.61. The monoisotopic (exact) mass is 473 g/mol. The van der Waals surface area contributed by atoms with Gasteiger partial charge in [-0.1, -0.05) is 50.3 Å². The maximum absolute atomic E-state index is 13.1. The van der Waals surface area contributed by atoms with Crippen molar-refractivity contribution in [2.24, 2.45) is 11.8 Å². The van der Waals surface area contributed by atoms with Gasteiger partial charge in [0.2, 0.25) is 11.8 Å². The van der Waals surface area contributed by atoms with Crippen molar-refractivity contribution in [3.05, 3.63) is 29.8 Å². The van der Waals surface area contributed by atoms with Gasteiger partial charge in [-0.15, -0.1) is 0 Å². The van der Waals surface area contributed by atoms with E-state index in [0.29, 0.717) is 42.9 Å². The third-order valence-electron chi connectivity index (χ3n) is 6.65. The van der Waals surface area contributed by atoms with Gasteiger partial charge in [-0.25, -0.2) is 4.79 Å². The van der Waals surface area contributed by atoms with Crippen LogP contribution in [0.25, 0.3) is 0 Å². The number of carbonyl (C=O) groups is 4. The first-order chi connectivity index (χ1) is 16.5. The predicted octanol–water partition coefficient (Wildman–Crippen LogP) is 2.47. The highest BCUT2D eigenvalue weighted by atomic mass is 16.5. The van der Waals surface area contributed by atoms with Gasteiger partial charge >= 0.3 is 6.09 Å². The summed E-state index contributed by atoms with van der Waals surface area (Å²) in [6.07, 6.45) is 6.69. The number of para-hydroxylation sites is 1. The summed E-state index contributed by atoms with van der Waals surface area (Å²) in [6.45, 7) is 0.578. The van der Waals surface area contributed by atoms with E-state index in [1.54, 1.807) is 19.2 Å². The third-order valence-corrected chi connectivity index (χ3v) is 6.65. The summed E-state index contributed by atoms with van der Waals surface area (Å²) in [5, 5.41) is 8.16. The van der Waals surface area contributed by atoms with Gasteiger partial charge in [0, 0.05) is 18.0 Å². The number of methoxy groups -OCH3 is 1. The molecule has 1 saturated heterocycles. The summed E-state index contributed by atoms with van der Waals surface area (Å²) >= 11 is 0. The van der Waals surface area contributed by atoms with E-state index in [9.17, 15) is 19.2 Å². The van der Waals surface area contributed by atoms with Crippen LogP contribution in [0.4, 0.5) is 4.79 Å². The minimum atomic E-state index is -0.826. The lowest BCUT2D eigenvalue weighted by Crippen LogP contribution is -2.51. The fourth-order valence-corrected chi connectivity index (χ4v) is 4.75. The minimum absolute atomic E-state index is 0.00136. The molecule has 0 radical (unpaired) electrons. The van der Waals surface area contributed by atoms with E-state index in [0.717, 1.165) is 25.7 Å². The molecule has 1 saturated carbocycles. The second kappa shape index (κ2) is 13.0. The molecule has 3 atom stereocenters. The second-order valence-electron chi connectivity index (χ2n) is 9.09. The fraction of sp³-hybridized carbons (Fsp3) is 0.600. The number of carbonyl (C=O) groups excluding carboxylic acids is 4. The maximum atomic E-state index is 13.1. The molecule has 0 bridgehead atoms. The van der Waals surface area contributed by atoms with Gasteiger partial charge in [-0.2, -0.15) is 0 Å².